The molecule has 0 saturated heterocycles. The number of carbonyl (C=O) groups is 3. The van der Waals surface area contributed by atoms with Crippen molar-refractivity contribution in [2.24, 2.45) is 0 Å². The molecule has 2 N–H and O–H groups in total. The lowest BCUT2D eigenvalue weighted by atomic mass is 10.1. The molecule has 0 saturated carbocycles. The van der Waals surface area contributed by atoms with Crippen LogP contribution in [0.3, 0.4) is 0 Å². The standard InChI is InChI=1S/C58H105O11P/c1-4-7-10-13-16-19-22-24-26-27-29-31-34-37-40-43-46-49-58(62)69-55(51-65-56(60)47-44-41-38-35-32-21-18-15-12-9-6-3)53-67-70(63,64)66-52-54(50-59)68-57(61)48-45-42-39-36-33-30-28-25-23-20-17-14-11-8-5-2/h8,11,17,20,24-26,28,54-55,59H,4-7,9-10,12-16,18-19,21-23,27,29-53H2,1-3H3,(H,63,64)/b11-8-,20-17-,26-24-,28-25-. The molecule has 0 radical (unpaired) electrons. The van der Waals surface area contributed by atoms with Gasteiger partial charge in [0.2, 0.25) is 0 Å². The number of aliphatic hydroxyl groups is 1. The van der Waals surface area contributed by atoms with Crippen LogP contribution in [0.25, 0.3) is 0 Å². The van der Waals surface area contributed by atoms with E-state index >= 15 is 0 Å². The first-order chi connectivity index (χ1) is 34.2. The first-order valence-corrected chi connectivity index (χ1v) is 30.0. The molecule has 0 rings (SSSR count). The van der Waals surface area contributed by atoms with Crippen LogP contribution in [-0.4, -0.2) is 66.5 Å². The molecule has 0 aliphatic carbocycles. The summed E-state index contributed by atoms with van der Waals surface area (Å²) in [4.78, 5) is 48.4. The third kappa shape index (κ3) is 50.4. The fourth-order valence-electron chi connectivity index (χ4n) is 7.90. The number of esters is 3. The van der Waals surface area contributed by atoms with Gasteiger partial charge >= 0.3 is 25.7 Å². The quantitative estimate of drug-likeness (QED) is 0.0197. The van der Waals surface area contributed by atoms with E-state index in [1.807, 2.05) is 0 Å². The first-order valence-electron chi connectivity index (χ1n) is 28.5. The predicted octanol–water partition coefficient (Wildman–Crippen LogP) is 16.6. The summed E-state index contributed by atoms with van der Waals surface area (Å²) in [6, 6.07) is 0. The molecule has 0 aliphatic rings. The van der Waals surface area contributed by atoms with Gasteiger partial charge in [0.25, 0.3) is 0 Å². The van der Waals surface area contributed by atoms with Crippen molar-refractivity contribution in [2.75, 3.05) is 26.4 Å². The van der Waals surface area contributed by atoms with Crippen LogP contribution in [0, 0.1) is 0 Å². The molecule has 70 heavy (non-hydrogen) atoms. The topological polar surface area (TPSA) is 155 Å². The summed E-state index contributed by atoms with van der Waals surface area (Å²) in [5.41, 5.74) is 0. The zero-order valence-electron chi connectivity index (χ0n) is 45.0. The normalized spacial score (nSPS) is 13.7. The van der Waals surface area contributed by atoms with Crippen LogP contribution in [0.1, 0.15) is 265 Å². The molecule has 3 atom stereocenters. The fraction of sp³-hybridized carbons (Fsp3) is 0.810. The van der Waals surface area contributed by atoms with Crippen LogP contribution in [0.15, 0.2) is 48.6 Å². The third-order valence-corrected chi connectivity index (χ3v) is 13.2. The van der Waals surface area contributed by atoms with Gasteiger partial charge in [0.1, 0.15) is 12.7 Å². The van der Waals surface area contributed by atoms with E-state index < -0.39 is 57.8 Å². The number of rotatable bonds is 53. The zero-order chi connectivity index (χ0) is 51.3. The van der Waals surface area contributed by atoms with Crippen molar-refractivity contribution in [3.63, 3.8) is 0 Å². The number of unbranched alkanes of at least 4 members (excludes halogenated alkanes) is 28. The Balaban J connectivity index is 4.69. The predicted molar refractivity (Wildman–Crippen MR) is 289 cm³/mol. The van der Waals surface area contributed by atoms with Gasteiger partial charge in [0.05, 0.1) is 19.8 Å². The van der Waals surface area contributed by atoms with Gasteiger partial charge in [-0.1, -0.05) is 217 Å². The molecular formula is C58H105O11P. The Kier molecular flexibility index (Phi) is 50.8. The monoisotopic (exact) mass is 1010 g/mol. The molecule has 3 unspecified atom stereocenters. The molecule has 12 heteroatoms. The van der Waals surface area contributed by atoms with Gasteiger partial charge < -0.3 is 24.2 Å². The second-order valence-electron chi connectivity index (χ2n) is 19.1. The molecular weight excluding hydrogens is 904 g/mol. The van der Waals surface area contributed by atoms with Crippen LogP contribution in [0.5, 0.6) is 0 Å². The Morgan fingerprint density at radius 3 is 1.16 bits per heavy atom. The van der Waals surface area contributed by atoms with Gasteiger partial charge in [-0.2, -0.15) is 0 Å². The molecule has 0 aromatic carbocycles. The SMILES string of the molecule is CC/C=C\C/C=C\C/C=C\CCCCCCCC(=O)OC(CO)COP(=O)(O)OCC(COC(=O)CCCCCCCCCCCCC)OC(=O)CCCCCCCCC/C=C\CCCCCCCC. The maximum absolute atomic E-state index is 12.9. The molecule has 408 valence electrons. The fourth-order valence-corrected chi connectivity index (χ4v) is 8.68. The van der Waals surface area contributed by atoms with Crippen molar-refractivity contribution in [2.45, 2.75) is 277 Å². The van der Waals surface area contributed by atoms with Crippen LogP contribution >= 0.6 is 7.82 Å². The lowest BCUT2D eigenvalue weighted by molar-refractivity contribution is -0.161. The highest BCUT2D eigenvalue weighted by molar-refractivity contribution is 7.47. The molecule has 0 fully saturated rings. The Morgan fingerprint density at radius 1 is 0.414 bits per heavy atom. The van der Waals surface area contributed by atoms with Crippen LogP contribution < -0.4 is 0 Å². The lowest BCUT2D eigenvalue weighted by Crippen LogP contribution is -2.30. The van der Waals surface area contributed by atoms with E-state index in [9.17, 15) is 28.9 Å². The van der Waals surface area contributed by atoms with E-state index in [4.69, 9.17) is 23.3 Å². The molecule has 0 spiro atoms. The van der Waals surface area contributed by atoms with Gasteiger partial charge in [-0.15, -0.1) is 0 Å². The number of allylic oxidation sites excluding steroid dienone is 8. The van der Waals surface area contributed by atoms with Crippen LogP contribution in [-0.2, 0) is 42.2 Å². The highest BCUT2D eigenvalue weighted by Gasteiger charge is 2.28. The van der Waals surface area contributed by atoms with Crippen molar-refractivity contribution >= 4 is 25.7 Å². The summed E-state index contributed by atoms with van der Waals surface area (Å²) in [5, 5.41) is 9.80. The molecule has 11 nitrogen and oxygen atoms in total. The Morgan fingerprint density at radius 2 is 0.743 bits per heavy atom. The second kappa shape index (κ2) is 52.8. The summed E-state index contributed by atoms with van der Waals surface area (Å²) in [7, 11) is -4.75. The third-order valence-electron chi connectivity index (χ3n) is 12.2. The van der Waals surface area contributed by atoms with E-state index in [2.05, 4.69) is 69.4 Å². The number of hydrogen-bond acceptors (Lipinski definition) is 10. The number of carbonyl (C=O) groups excluding carboxylic acids is 3. The maximum atomic E-state index is 12.9. The number of phosphoric ester groups is 1. The summed E-state index contributed by atoms with van der Waals surface area (Å²) in [5.74, 6) is -1.47. The molecule has 0 aliphatic heterocycles. The minimum atomic E-state index is -4.75. The van der Waals surface area contributed by atoms with Crippen LogP contribution in [0.2, 0.25) is 0 Å². The molecule has 0 aromatic heterocycles. The van der Waals surface area contributed by atoms with Crippen molar-refractivity contribution in [3.05, 3.63) is 48.6 Å². The minimum absolute atomic E-state index is 0.159. The average molecular weight is 1010 g/mol. The average Bonchev–Trinajstić information content (AvgIpc) is 3.35. The summed E-state index contributed by atoms with van der Waals surface area (Å²) < 4.78 is 39.5. The van der Waals surface area contributed by atoms with Gasteiger partial charge in [0, 0.05) is 19.3 Å². The summed E-state index contributed by atoms with van der Waals surface area (Å²) >= 11 is 0. The van der Waals surface area contributed by atoms with Crippen molar-refractivity contribution in [1.29, 1.82) is 0 Å². The first kappa shape index (κ1) is 67.4. The van der Waals surface area contributed by atoms with Crippen molar-refractivity contribution < 1.29 is 52.2 Å². The Bertz CT molecular complexity index is 1360. The highest BCUT2D eigenvalue weighted by Crippen LogP contribution is 2.43. The molecule has 0 aromatic rings. The van der Waals surface area contributed by atoms with Gasteiger partial charge in [-0.3, -0.25) is 23.4 Å². The number of hydrogen-bond donors (Lipinski definition) is 2. The van der Waals surface area contributed by atoms with E-state index in [-0.39, 0.29) is 25.9 Å². The van der Waals surface area contributed by atoms with Crippen molar-refractivity contribution in [3.8, 4) is 0 Å². The number of aliphatic hydroxyl groups excluding tert-OH is 1. The van der Waals surface area contributed by atoms with Gasteiger partial charge in [-0.05, 0) is 77.0 Å². The van der Waals surface area contributed by atoms with Crippen LogP contribution in [0.4, 0.5) is 0 Å². The molecule has 0 heterocycles. The Labute approximate surface area is 428 Å². The van der Waals surface area contributed by atoms with Gasteiger partial charge in [0.15, 0.2) is 6.10 Å². The minimum Gasteiger partial charge on any atom is -0.462 e. The van der Waals surface area contributed by atoms with E-state index in [1.165, 1.54) is 109 Å². The number of phosphoric acid groups is 1. The Hall–Kier alpha value is -2.56. The second-order valence-corrected chi connectivity index (χ2v) is 20.5. The zero-order valence-corrected chi connectivity index (χ0v) is 45.9. The van der Waals surface area contributed by atoms with E-state index in [1.54, 1.807) is 0 Å². The van der Waals surface area contributed by atoms with Crippen molar-refractivity contribution in [1.82, 2.24) is 0 Å². The summed E-state index contributed by atoms with van der Waals surface area (Å²) in [6.07, 6.45) is 55.0. The summed E-state index contributed by atoms with van der Waals surface area (Å²) in [6.45, 7) is 4.52. The maximum Gasteiger partial charge on any atom is 0.472 e. The van der Waals surface area contributed by atoms with E-state index in [0.717, 1.165) is 96.3 Å². The molecule has 0 amide bonds. The smallest absolute Gasteiger partial charge is 0.462 e. The lowest BCUT2D eigenvalue weighted by Gasteiger charge is -2.21. The van der Waals surface area contributed by atoms with E-state index in [0.29, 0.717) is 19.3 Å². The largest absolute Gasteiger partial charge is 0.472 e. The highest BCUT2D eigenvalue weighted by atomic mass is 31.2. The number of ether oxygens (including phenoxy) is 3. The van der Waals surface area contributed by atoms with Gasteiger partial charge in [-0.25, -0.2) is 4.57 Å². The molecule has 0 bridgehead atoms.